The van der Waals surface area contributed by atoms with Crippen LogP contribution in [0, 0.1) is 0 Å². The molecule has 0 heterocycles. The maximum absolute atomic E-state index is 10.2. The zero-order valence-electron chi connectivity index (χ0n) is 4.63. The molecule has 0 aromatic rings. The van der Waals surface area contributed by atoms with E-state index in [9.17, 15) is 4.79 Å². The van der Waals surface area contributed by atoms with Gasteiger partial charge in [-0.25, -0.2) is 4.79 Å². The third kappa shape index (κ3) is 3.74. The second-order valence-electron chi connectivity index (χ2n) is 1.22. The van der Waals surface area contributed by atoms with Gasteiger partial charge in [0.2, 0.25) is 0 Å². The summed E-state index contributed by atoms with van der Waals surface area (Å²) in [5.74, 6) is -0.421. The van der Waals surface area contributed by atoms with Crippen molar-refractivity contribution in [2.24, 2.45) is 0 Å². The molecule has 0 spiro atoms. The van der Waals surface area contributed by atoms with Crippen LogP contribution in [0.25, 0.3) is 0 Å². The lowest BCUT2D eigenvalue weighted by molar-refractivity contribution is -0.127. The van der Waals surface area contributed by atoms with E-state index in [1.165, 1.54) is 6.08 Å². The van der Waals surface area contributed by atoms with Crippen molar-refractivity contribution in [3.63, 3.8) is 0 Å². The van der Waals surface area contributed by atoms with Crippen LogP contribution >= 0.6 is 12.9 Å². The van der Waals surface area contributed by atoms with Gasteiger partial charge < -0.3 is 4.18 Å². The van der Waals surface area contributed by atoms with Gasteiger partial charge in [-0.15, -0.1) is 0 Å². The molecule has 0 atom stereocenters. The van der Waals surface area contributed by atoms with Crippen LogP contribution in [-0.4, -0.2) is 5.97 Å². The molecule has 8 heavy (non-hydrogen) atoms. The Balaban J connectivity index is 3.37. The summed E-state index contributed by atoms with van der Waals surface area (Å²) in [6, 6.07) is 0. The molecule has 0 fully saturated rings. The summed E-state index contributed by atoms with van der Waals surface area (Å²) in [6.07, 6.45) is 3.88. The van der Waals surface area contributed by atoms with Gasteiger partial charge >= 0.3 is 5.97 Å². The van der Waals surface area contributed by atoms with E-state index in [0.29, 0.717) is 0 Å². The Morgan fingerprint density at radius 2 is 2.50 bits per heavy atom. The fourth-order valence-electron chi connectivity index (χ4n) is 0.245. The molecule has 0 rings (SSSR count). The van der Waals surface area contributed by atoms with Crippen LogP contribution < -0.4 is 0 Å². The molecule has 0 saturated carbocycles. The molecular formula is C5H8O2S. The van der Waals surface area contributed by atoms with E-state index in [1.807, 2.05) is 6.92 Å². The minimum absolute atomic E-state index is 0.421. The number of hydrogen-bond donors (Lipinski definition) is 1. The molecule has 0 saturated heterocycles. The van der Waals surface area contributed by atoms with E-state index in [-0.39, 0.29) is 0 Å². The summed E-state index contributed by atoms with van der Waals surface area (Å²) < 4.78 is 4.02. The van der Waals surface area contributed by atoms with E-state index < -0.39 is 5.97 Å². The van der Waals surface area contributed by atoms with Gasteiger partial charge in [0.25, 0.3) is 0 Å². The van der Waals surface area contributed by atoms with Crippen LogP contribution in [0.3, 0.4) is 0 Å². The van der Waals surface area contributed by atoms with Crippen LogP contribution in [0.1, 0.15) is 13.3 Å². The molecular weight excluding hydrogens is 124 g/mol. The third-order valence-electron chi connectivity index (χ3n) is 0.580. The fourth-order valence-corrected chi connectivity index (χ4v) is 0.305. The molecule has 0 unspecified atom stereocenters. The number of allylic oxidation sites excluding steroid dienone is 1. The number of carbonyl (C=O) groups is 1. The second kappa shape index (κ2) is 4.71. The van der Waals surface area contributed by atoms with Gasteiger partial charge in [-0.05, 0) is 6.42 Å². The van der Waals surface area contributed by atoms with Gasteiger partial charge in [0.05, 0.1) is 0 Å². The highest BCUT2D eigenvalue weighted by molar-refractivity contribution is 7.75. The van der Waals surface area contributed by atoms with Crippen LogP contribution in [-0.2, 0) is 8.98 Å². The SMILES string of the molecule is CC/C=C/C(=O)OS. The van der Waals surface area contributed by atoms with E-state index in [0.717, 1.165) is 6.42 Å². The number of carbonyl (C=O) groups excluding carboxylic acids is 1. The summed E-state index contributed by atoms with van der Waals surface area (Å²) in [5, 5.41) is 0. The third-order valence-corrected chi connectivity index (χ3v) is 0.760. The highest BCUT2D eigenvalue weighted by atomic mass is 32.1. The minimum atomic E-state index is -0.421. The number of hydrogen-bond acceptors (Lipinski definition) is 3. The molecule has 0 aromatic heterocycles. The summed E-state index contributed by atoms with van der Waals surface area (Å²) >= 11 is 3.29. The average Bonchev–Trinajstić information content (AvgIpc) is 1.83. The standard InChI is InChI=1S/C5H8O2S/c1-2-3-4-5(6)7-8/h3-4,8H,2H2,1H3/b4-3+. The quantitative estimate of drug-likeness (QED) is 0.348. The van der Waals surface area contributed by atoms with Crippen molar-refractivity contribution in [3.05, 3.63) is 12.2 Å². The Bertz CT molecular complexity index is 98.6. The topological polar surface area (TPSA) is 26.3 Å². The van der Waals surface area contributed by atoms with Crippen molar-refractivity contribution >= 4 is 18.9 Å². The second-order valence-corrected chi connectivity index (χ2v) is 1.40. The van der Waals surface area contributed by atoms with Gasteiger partial charge in [0, 0.05) is 19.0 Å². The molecule has 0 bridgehead atoms. The molecule has 0 aromatic carbocycles. The smallest absolute Gasteiger partial charge is 0.342 e. The Hall–Kier alpha value is -0.440. The molecule has 46 valence electrons. The van der Waals surface area contributed by atoms with Gasteiger partial charge in [0.1, 0.15) is 0 Å². The lowest BCUT2D eigenvalue weighted by Gasteiger charge is -1.83. The summed E-state index contributed by atoms with van der Waals surface area (Å²) in [7, 11) is 0. The average molecular weight is 132 g/mol. The monoisotopic (exact) mass is 132 g/mol. The van der Waals surface area contributed by atoms with Crippen molar-refractivity contribution in [1.82, 2.24) is 0 Å². The van der Waals surface area contributed by atoms with Crippen molar-refractivity contribution in [1.29, 1.82) is 0 Å². The molecule has 0 radical (unpaired) electrons. The maximum Gasteiger partial charge on any atom is 0.342 e. The molecule has 0 aliphatic heterocycles. The predicted molar refractivity (Wildman–Crippen MR) is 34.5 cm³/mol. The molecule has 3 heteroatoms. The highest BCUT2D eigenvalue weighted by Crippen LogP contribution is 1.85. The van der Waals surface area contributed by atoms with Gasteiger partial charge in [-0.1, -0.05) is 13.0 Å². The first-order valence-corrected chi connectivity index (χ1v) is 2.69. The Morgan fingerprint density at radius 3 is 2.88 bits per heavy atom. The zero-order chi connectivity index (χ0) is 6.41. The van der Waals surface area contributed by atoms with Crippen LogP contribution in [0.2, 0.25) is 0 Å². The predicted octanol–water partition coefficient (Wildman–Crippen LogP) is 1.34. The molecule has 2 nitrogen and oxygen atoms in total. The first kappa shape index (κ1) is 7.56. The Morgan fingerprint density at radius 1 is 1.88 bits per heavy atom. The van der Waals surface area contributed by atoms with Gasteiger partial charge in [-0.3, -0.25) is 0 Å². The van der Waals surface area contributed by atoms with Gasteiger partial charge in [0.15, 0.2) is 0 Å². The van der Waals surface area contributed by atoms with E-state index in [1.54, 1.807) is 6.08 Å². The van der Waals surface area contributed by atoms with Crippen LogP contribution in [0.4, 0.5) is 0 Å². The lowest BCUT2D eigenvalue weighted by Crippen LogP contribution is -1.88. The van der Waals surface area contributed by atoms with E-state index in [4.69, 9.17) is 0 Å². The van der Waals surface area contributed by atoms with Crippen LogP contribution in [0.5, 0.6) is 0 Å². The van der Waals surface area contributed by atoms with E-state index >= 15 is 0 Å². The lowest BCUT2D eigenvalue weighted by atomic mass is 10.4. The zero-order valence-corrected chi connectivity index (χ0v) is 5.52. The molecule has 0 aliphatic carbocycles. The Kier molecular flexibility index (Phi) is 4.45. The molecule has 0 aliphatic rings. The fraction of sp³-hybridized carbons (Fsp3) is 0.400. The normalized spacial score (nSPS) is 9.75. The highest BCUT2D eigenvalue weighted by Gasteiger charge is 1.87. The first-order chi connectivity index (χ1) is 3.81. The largest absolute Gasteiger partial charge is 0.391 e. The summed E-state index contributed by atoms with van der Waals surface area (Å²) in [5.41, 5.74) is 0. The molecule has 0 amide bonds. The van der Waals surface area contributed by atoms with E-state index in [2.05, 4.69) is 17.1 Å². The van der Waals surface area contributed by atoms with Crippen molar-refractivity contribution in [2.45, 2.75) is 13.3 Å². The number of rotatable bonds is 2. The maximum atomic E-state index is 10.2. The Labute approximate surface area is 54.1 Å². The first-order valence-electron chi connectivity index (χ1n) is 2.33. The summed E-state index contributed by atoms with van der Waals surface area (Å²) in [4.78, 5) is 10.2. The van der Waals surface area contributed by atoms with Crippen molar-refractivity contribution in [2.75, 3.05) is 0 Å². The van der Waals surface area contributed by atoms with Gasteiger partial charge in [-0.2, -0.15) is 0 Å². The summed E-state index contributed by atoms with van der Waals surface area (Å²) in [6.45, 7) is 1.93. The van der Waals surface area contributed by atoms with Crippen LogP contribution in [0.15, 0.2) is 12.2 Å². The van der Waals surface area contributed by atoms with Crippen molar-refractivity contribution < 1.29 is 8.98 Å². The number of thiol groups is 1. The minimum Gasteiger partial charge on any atom is -0.391 e. The molecule has 0 N–H and O–H groups in total. The van der Waals surface area contributed by atoms with Crippen molar-refractivity contribution in [3.8, 4) is 0 Å².